The molecule has 0 fully saturated rings. The topological polar surface area (TPSA) is 17.1 Å². The van der Waals surface area contributed by atoms with Crippen LogP contribution in [0.5, 0.6) is 0 Å². The summed E-state index contributed by atoms with van der Waals surface area (Å²) < 4.78 is 8.34. The third-order valence-corrected chi connectivity index (χ3v) is 0. The minimum atomic E-state index is 0. The third-order valence-electron chi connectivity index (χ3n) is 0. The first-order valence-corrected chi connectivity index (χ1v) is 1.37. The Morgan fingerprint density at radius 3 is 1.25 bits per heavy atom. The van der Waals surface area contributed by atoms with Crippen LogP contribution in [0.4, 0.5) is 0 Å². The SMILES string of the molecule is [InH3].[O]=[Sn].[PbH2]. The van der Waals surface area contributed by atoms with Gasteiger partial charge in [-0.05, 0) is 0 Å². The summed E-state index contributed by atoms with van der Waals surface area (Å²) in [4.78, 5) is 0. The number of hydrogen-bond acceptors (Lipinski definition) is 1. The van der Waals surface area contributed by atoms with Crippen molar-refractivity contribution < 1.29 is 3.08 Å². The van der Waals surface area contributed by atoms with Gasteiger partial charge in [-0.2, -0.15) is 0 Å². The second kappa shape index (κ2) is 18.2. The molecule has 0 saturated heterocycles. The van der Waals surface area contributed by atoms with E-state index in [0.29, 0.717) is 22.5 Å². The molecule has 0 aliphatic heterocycles. The normalized spacial score (nSPS) is 1.00. The van der Waals surface area contributed by atoms with Gasteiger partial charge in [0.2, 0.25) is 0 Å². The quantitative estimate of drug-likeness (QED) is 0.362. The molecule has 22 valence electrons. The zero-order chi connectivity index (χ0) is 2.00. The molecule has 0 aromatic rings. The van der Waals surface area contributed by atoms with Gasteiger partial charge < -0.3 is 0 Å². The van der Waals surface area contributed by atoms with E-state index in [4.69, 9.17) is 3.08 Å². The van der Waals surface area contributed by atoms with Gasteiger partial charge in [0.1, 0.15) is 0 Å². The van der Waals surface area contributed by atoms with Crippen molar-refractivity contribution in [3.63, 3.8) is 0 Å². The Morgan fingerprint density at radius 1 is 1.25 bits per heavy atom. The molecule has 0 aromatic heterocycles. The average Bonchev–Trinajstić information content (AvgIpc) is 1.00. The molecule has 0 N–H and O–H groups in total. The summed E-state index contributed by atoms with van der Waals surface area (Å²) in [5, 5.41) is 0. The Kier molecular flexibility index (Phi) is 73.4. The monoisotopic (exact) mass is 464 g/mol. The summed E-state index contributed by atoms with van der Waals surface area (Å²) in [5.74, 6) is 0. The molecule has 4 radical (unpaired) electrons. The molecule has 0 spiro atoms. The predicted molar refractivity (Wildman–Crippen MR) is 24.9 cm³/mol. The Hall–Kier alpha value is 2.39. The first-order chi connectivity index (χ1) is 1.00. The molecule has 0 saturated carbocycles. The maximum absolute atomic E-state index is 8.34. The molecular formula is H5InOPbSn. The second-order valence-electron chi connectivity index (χ2n) is 0. The summed E-state index contributed by atoms with van der Waals surface area (Å²) in [6, 6.07) is 0. The molecule has 0 amide bonds. The molecule has 0 atom stereocenters. The van der Waals surface area contributed by atoms with E-state index in [9.17, 15) is 0 Å². The molecule has 4 heteroatoms. The van der Waals surface area contributed by atoms with E-state index >= 15 is 0 Å². The van der Waals surface area contributed by atoms with Crippen LogP contribution in [-0.2, 0) is 3.08 Å². The molecule has 0 aliphatic rings. The van der Waals surface area contributed by atoms with Crippen LogP contribution in [0.2, 0.25) is 0 Å². The third kappa shape index (κ3) is 8.83. The fourth-order valence-corrected chi connectivity index (χ4v) is 0. The van der Waals surface area contributed by atoms with Crippen LogP contribution in [0, 0.1) is 0 Å². The standard InChI is InChI=1S/In.O.Pb.Sn.5H. The predicted octanol–water partition coefficient (Wildman–Crippen LogP) is -2.60. The van der Waals surface area contributed by atoms with Crippen molar-refractivity contribution in [3.05, 3.63) is 0 Å². The van der Waals surface area contributed by atoms with E-state index in [-0.39, 0.29) is 53.1 Å². The van der Waals surface area contributed by atoms with Crippen molar-refractivity contribution in [3.8, 4) is 0 Å². The van der Waals surface area contributed by atoms with E-state index in [0.717, 1.165) is 0 Å². The van der Waals surface area contributed by atoms with Gasteiger partial charge in [0.15, 0.2) is 0 Å². The van der Waals surface area contributed by atoms with Gasteiger partial charge in [0, 0.05) is 0 Å². The number of hydrogen-bond donors (Lipinski definition) is 0. The summed E-state index contributed by atoms with van der Waals surface area (Å²) >= 11 is 0.300. The first kappa shape index (κ1) is 16.2. The zero-order valence-corrected chi connectivity index (χ0v) is 9.97. The Balaban J connectivity index is -0.00000000500. The summed E-state index contributed by atoms with van der Waals surface area (Å²) in [6.07, 6.45) is 0. The van der Waals surface area contributed by atoms with Crippen molar-refractivity contribution in [1.82, 2.24) is 0 Å². The van der Waals surface area contributed by atoms with Crippen LogP contribution in [0.15, 0.2) is 0 Å². The van der Waals surface area contributed by atoms with Crippen LogP contribution in [0.3, 0.4) is 0 Å². The Labute approximate surface area is 77.3 Å². The van der Waals surface area contributed by atoms with E-state index < -0.39 is 0 Å². The zero-order valence-electron chi connectivity index (χ0n) is 1.62. The Morgan fingerprint density at radius 2 is 1.25 bits per heavy atom. The molecule has 0 rings (SSSR count). The van der Waals surface area contributed by atoms with Gasteiger partial charge in [-0.25, -0.2) is 0 Å². The van der Waals surface area contributed by atoms with E-state index in [1.165, 1.54) is 0 Å². The van der Waals surface area contributed by atoms with Gasteiger partial charge >= 0.3 is 78.7 Å². The molecule has 0 aliphatic carbocycles. The van der Waals surface area contributed by atoms with E-state index in [1.807, 2.05) is 0 Å². The maximum atomic E-state index is 8.34. The summed E-state index contributed by atoms with van der Waals surface area (Å²) in [6.45, 7) is 0. The average molecular weight is 462 g/mol. The van der Waals surface area contributed by atoms with Crippen molar-refractivity contribution >= 4 is 75.7 Å². The van der Waals surface area contributed by atoms with Crippen molar-refractivity contribution in [2.24, 2.45) is 0 Å². The van der Waals surface area contributed by atoms with Gasteiger partial charge in [0.25, 0.3) is 0 Å². The van der Waals surface area contributed by atoms with Gasteiger partial charge in [-0.15, -0.1) is 0 Å². The van der Waals surface area contributed by atoms with E-state index in [2.05, 4.69) is 0 Å². The molecular weight excluding hydrogens is 457 g/mol. The molecule has 1 nitrogen and oxygen atoms in total. The van der Waals surface area contributed by atoms with Crippen LogP contribution < -0.4 is 0 Å². The Bertz CT molecular complexity index is 8.00. The van der Waals surface area contributed by atoms with Gasteiger partial charge in [0.05, 0.1) is 0 Å². The molecule has 0 unspecified atom stereocenters. The molecule has 4 heavy (non-hydrogen) atoms. The fourth-order valence-electron chi connectivity index (χ4n) is 0. The van der Waals surface area contributed by atoms with Crippen LogP contribution in [0.1, 0.15) is 0 Å². The van der Waals surface area contributed by atoms with Crippen molar-refractivity contribution in [2.45, 2.75) is 0 Å². The van der Waals surface area contributed by atoms with Crippen LogP contribution in [0.25, 0.3) is 0 Å². The molecule has 0 bridgehead atoms. The van der Waals surface area contributed by atoms with Crippen LogP contribution in [-0.4, -0.2) is 75.7 Å². The summed E-state index contributed by atoms with van der Waals surface area (Å²) in [5.41, 5.74) is 0. The number of rotatable bonds is 0. The van der Waals surface area contributed by atoms with Crippen LogP contribution >= 0.6 is 0 Å². The molecule has 0 heterocycles. The second-order valence-corrected chi connectivity index (χ2v) is 0. The fraction of sp³-hybridized carbons (Fsp3) is 0. The van der Waals surface area contributed by atoms with Crippen molar-refractivity contribution in [2.75, 3.05) is 0 Å². The first-order valence-electron chi connectivity index (χ1n) is 0.204. The molecule has 0 aromatic carbocycles. The van der Waals surface area contributed by atoms with Crippen molar-refractivity contribution in [1.29, 1.82) is 0 Å². The minimum absolute atomic E-state index is 0. The van der Waals surface area contributed by atoms with Gasteiger partial charge in [-0.1, -0.05) is 0 Å². The van der Waals surface area contributed by atoms with E-state index in [1.54, 1.807) is 0 Å². The summed E-state index contributed by atoms with van der Waals surface area (Å²) in [7, 11) is 0. The van der Waals surface area contributed by atoms with Gasteiger partial charge in [-0.3, -0.25) is 0 Å².